The molecule has 0 spiro atoms. The molecular formula is C12H17BrN2O4S2. The summed E-state index contributed by atoms with van der Waals surface area (Å²) in [5.74, 6) is 0.0174. The summed E-state index contributed by atoms with van der Waals surface area (Å²) in [6.45, 7) is 0.457. The second kappa shape index (κ2) is 6.33. The van der Waals surface area contributed by atoms with E-state index in [1.807, 2.05) is 0 Å². The van der Waals surface area contributed by atoms with Crippen molar-refractivity contribution in [3.05, 3.63) is 28.2 Å². The van der Waals surface area contributed by atoms with Gasteiger partial charge in [0.25, 0.3) is 0 Å². The molecule has 0 saturated carbocycles. The third-order valence-electron chi connectivity index (χ3n) is 3.41. The molecule has 0 amide bonds. The van der Waals surface area contributed by atoms with E-state index in [0.29, 0.717) is 17.4 Å². The molecule has 2 rings (SSSR count). The lowest BCUT2D eigenvalue weighted by atomic mass is 10.1. The summed E-state index contributed by atoms with van der Waals surface area (Å²) in [4.78, 5) is 0.126. The van der Waals surface area contributed by atoms with E-state index in [-0.39, 0.29) is 28.9 Å². The number of hydrogen-bond donors (Lipinski definition) is 2. The summed E-state index contributed by atoms with van der Waals surface area (Å²) in [7, 11) is -6.68. The van der Waals surface area contributed by atoms with Gasteiger partial charge in [-0.25, -0.2) is 21.6 Å². The van der Waals surface area contributed by atoms with Crippen molar-refractivity contribution in [1.29, 1.82) is 0 Å². The van der Waals surface area contributed by atoms with Gasteiger partial charge in [-0.3, -0.25) is 0 Å². The van der Waals surface area contributed by atoms with Crippen molar-refractivity contribution in [1.82, 2.24) is 4.72 Å². The summed E-state index contributed by atoms with van der Waals surface area (Å²) < 4.78 is 50.1. The van der Waals surface area contributed by atoms with Crippen molar-refractivity contribution in [2.75, 3.05) is 18.1 Å². The second-order valence-corrected chi connectivity index (χ2v) is 9.91. The van der Waals surface area contributed by atoms with E-state index in [9.17, 15) is 16.8 Å². The van der Waals surface area contributed by atoms with Crippen molar-refractivity contribution in [2.45, 2.75) is 17.9 Å². The highest BCUT2D eigenvalue weighted by atomic mass is 79.9. The van der Waals surface area contributed by atoms with Crippen LogP contribution < -0.4 is 10.5 Å². The average Bonchev–Trinajstić information content (AvgIpc) is 2.75. The lowest BCUT2D eigenvalue weighted by Gasteiger charge is -2.12. The van der Waals surface area contributed by atoms with Crippen LogP contribution in [-0.2, 0) is 26.4 Å². The molecule has 9 heteroatoms. The van der Waals surface area contributed by atoms with Gasteiger partial charge in [0.2, 0.25) is 10.0 Å². The molecule has 1 unspecified atom stereocenters. The standard InChI is InChI=1S/C12H17BrN2O4S2/c13-11-5-9(6-14)1-2-12(11)21(18,19)15-7-10-3-4-20(16,17)8-10/h1-2,5,10,15H,3-4,6-8,14H2. The highest BCUT2D eigenvalue weighted by Crippen LogP contribution is 2.24. The summed E-state index contributed by atoms with van der Waals surface area (Å²) in [5, 5.41) is 0. The summed E-state index contributed by atoms with van der Waals surface area (Å²) in [6, 6.07) is 4.80. The topological polar surface area (TPSA) is 106 Å². The maximum Gasteiger partial charge on any atom is 0.241 e. The Labute approximate surface area is 133 Å². The Morgan fingerprint density at radius 1 is 1.38 bits per heavy atom. The zero-order valence-electron chi connectivity index (χ0n) is 11.2. The molecule has 1 heterocycles. The van der Waals surface area contributed by atoms with Crippen molar-refractivity contribution < 1.29 is 16.8 Å². The van der Waals surface area contributed by atoms with Crippen LogP contribution >= 0.6 is 15.9 Å². The predicted molar refractivity (Wildman–Crippen MR) is 84.0 cm³/mol. The minimum absolute atomic E-state index is 0.0444. The molecule has 0 radical (unpaired) electrons. The number of nitrogens with one attached hydrogen (secondary N) is 1. The smallest absolute Gasteiger partial charge is 0.241 e. The zero-order valence-corrected chi connectivity index (χ0v) is 14.5. The number of sulfonamides is 1. The Kier molecular flexibility index (Phi) is 5.09. The van der Waals surface area contributed by atoms with Gasteiger partial charge < -0.3 is 5.73 Å². The average molecular weight is 397 g/mol. The SMILES string of the molecule is NCc1ccc(S(=O)(=O)NCC2CCS(=O)(=O)C2)c(Br)c1. The minimum atomic E-state index is -3.67. The molecule has 1 atom stereocenters. The van der Waals surface area contributed by atoms with Crippen LogP contribution in [0.1, 0.15) is 12.0 Å². The van der Waals surface area contributed by atoms with Crippen molar-refractivity contribution in [3.8, 4) is 0 Å². The van der Waals surface area contributed by atoms with Crippen molar-refractivity contribution in [2.24, 2.45) is 11.7 Å². The van der Waals surface area contributed by atoms with Crippen LogP contribution in [0.4, 0.5) is 0 Å². The van der Waals surface area contributed by atoms with Gasteiger partial charge in [0.1, 0.15) is 0 Å². The lowest BCUT2D eigenvalue weighted by molar-refractivity contribution is 0.543. The Morgan fingerprint density at radius 2 is 2.10 bits per heavy atom. The van der Waals surface area contributed by atoms with E-state index < -0.39 is 19.9 Å². The first-order valence-electron chi connectivity index (χ1n) is 6.42. The molecule has 1 aliphatic heterocycles. The fourth-order valence-electron chi connectivity index (χ4n) is 2.23. The molecule has 3 N–H and O–H groups in total. The van der Waals surface area contributed by atoms with Crippen molar-refractivity contribution >= 4 is 35.8 Å². The van der Waals surface area contributed by atoms with Gasteiger partial charge >= 0.3 is 0 Å². The van der Waals surface area contributed by atoms with E-state index in [1.54, 1.807) is 12.1 Å². The first-order valence-corrected chi connectivity index (χ1v) is 10.5. The molecule has 1 fully saturated rings. The predicted octanol–water partition coefficient (Wildman–Crippen LogP) is 0.621. The fourth-order valence-corrected chi connectivity index (χ4v) is 6.33. The quantitative estimate of drug-likeness (QED) is 0.758. The first kappa shape index (κ1) is 16.9. The molecule has 0 bridgehead atoms. The molecule has 1 saturated heterocycles. The number of sulfone groups is 1. The largest absolute Gasteiger partial charge is 0.326 e. The van der Waals surface area contributed by atoms with Crippen LogP contribution in [0.15, 0.2) is 27.6 Å². The third kappa shape index (κ3) is 4.26. The van der Waals surface area contributed by atoms with Gasteiger partial charge in [-0.2, -0.15) is 0 Å². The number of hydrogen-bond acceptors (Lipinski definition) is 5. The van der Waals surface area contributed by atoms with Crippen LogP contribution in [-0.4, -0.2) is 34.9 Å². The van der Waals surface area contributed by atoms with Crippen LogP contribution in [0.25, 0.3) is 0 Å². The van der Waals surface area contributed by atoms with Gasteiger partial charge in [-0.05, 0) is 46.0 Å². The van der Waals surface area contributed by atoms with Gasteiger partial charge in [0.05, 0.1) is 16.4 Å². The molecule has 118 valence electrons. The summed E-state index contributed by atoms with van der Waals surface area (Å²) >= 11 is 3.22. The lowest BCUT2D eigenvalue weighted by Crippen LogP contribution is -2.30. The number of rotatable bonds is 5. The first-order chi connectivity index (χ1) is 9.73. The number of nitrogens with two attached hydrogens (primary N) is 1. The maximum atomic E-state index is 12.2. The third-order valence-corrected chi connectivity index (χ3v) is 7.65. The van der Waals surface area contributed by atoms with Gasteiger partial charge in [0, 0.05) is 17.6 Å². The Balaban J connectivity index is 2.09. The Morgan fingerprint density at radius 3 is 2.62 bits per heavy atom. The van der Waals surface area contributed by atoms with Crippen LogP contribution in [0.3, 0.4) is 0 Å². The van der Waals surface area contributed by atoms with Crippen molar-refractivity contribution in [3.63, 3.8) is 0 Å². The van der Waals surface area contributed by atoms with E-state index in [4.69, 9.17) is 5.73 Å². The zero-order chi connectivity index (χ0) is 15.7. The Bertz CT molecular complexity index is 732. The summed E-state index contributed by atoms with van der Waals surface area (Å²) in [5.41, 5.74) is 6.32. The van der Waals surface area contributed by atoms with E-state index >= 15 is 0 Å². The minimum Gasteiger partial charge on any atom is -0.326 e. The number of halogens is 1. The van der Waals surface area contributed by atoms with Gasteiger partial charge in [-0.15, -0.1) is 0 Å². The molecule has 1 aromatic rings. The monoisotopic (exact) mass is 396 g/mol. The number of benzene rings is 1. The highest BCUT2D eigenvalue weighted by molar-refractivity contribution is 9.10. The van der Waals surface area contributed by atoms with E-state index in [1.165, 1.54) is 6.07 Å². The molecule has 1 aliphatic rings. The maximum absolute atomic E-state index is 12.2. The molecule has 21 heavy (non-hydrogen) atoms. The molecular weight excluding hydrogens is 380 g/mol. The van der Waals surface area contributed by atoms with E-state index in [0.717, 1.165) is 5.56 Å². The molecule has 6 nitrogen and oxygen atoms in total. The van der Waals surface area contributed by atoms with Crippen LogP contribution in [0, 0.1) is 5.92 Å². The van der Waals surface area contributed by atoms with Crippen LogP contribution in [0.5, 0.6) is 0 Å². The molecule has 0 aromatic heterocycles. The Hall–Kier alpha value is -0.480. The second-order valence-electron chi connectivity index (χ2n) is 5.09. The summed E-state index contributed by atoms with van der Waals surface area (Å²) in [6.07, 6.45) is 0.498. The van der Waals surface area contributed by atoms with Gasteiger partial charge in [-0.1, -0.05) is 6.07 Å². The van der Waals surface area contributed by atoms with E-state index in [2.05, 4.69) is 20.7 Å². The highest BCUT2D eigenvalue weighted by Gasteiger charge is 2.29. The molecule has 1 aromatic carbocycles. The normalized spacial score (nSPS) is 21.5. The molecule has 0 aliphatic carbocycles. The van der Waals surface area contributed by atoms with Gasteiger partial charge in [0.15, 0.2) is 9.84 Å². The fraction of sp³-hybridized carbons (Fsp3) is 0.500. The van der Waals surface area contributed by atoms with Crippen LogP contribution in [0.2, 0.25) is 0 Å².